The predicted molar refractivity (Wildman–Crippen MR) is 109 cm³/mol. The van der Waals surface area contributed by atoms with E-state index in [-0.39, 0.29) is 24.3 Å². The molecule has 1 saturated heterocycles. The van der Waals surface area contributed by atoms with E-state index in [0.29, 0.717) is 42.3 Å². The fourth-order valence-corrected chi connectivity index (χ4v) is 3.95. The van der Waals surface area contributed by atoms with E-state index >= 15 is 0 Å². The lowest BCUT2D eigenvalue weighted by atomic mass is 10.1. The second kappa shape index (κ2) is 7.95. The number of hydrogen-bond acceptors (Lipinski definition) is 4. The van der Waals surface area contributed by atoms with Crippen LogP contribution in [-0.4, -0.2) is 48.4 Å². The first-order valence-corrected chi connectivity index (χ1v) is 9.82. The van der Waals surface area contributed by atoms with Crippen molar-refractivity contribution < 1.29 is 19.1 Å². The number of carbonyl (C=O) groups excluding carboxylic acids is 3. The summed E-state index contributed by atoms with van der Waals surface area (Å²) in [6, 6.07) is 13.6. The molecule has 2 aromatic rings. The summed E-state index contributed by atoms with van der Waals surface area (Å²) in [7, 11) is 0. The van der Waals surface area contributed by atoms with Gasteiger partial charge in [0, 0.05) is 18.3 Å². The van der Waals surface area contributed by atoms with Gasteiger partial charge in [0.25, 0.3) is 5.91 Å². The van der Waals surface area contributed by atoms with Crippen LogP contribution in [0, 0.1) is 0 Å². The Bertz CT molecular complexity index is 959. The minimum atomic E-state index is -0.510. The van der Waals surface area contributed by atoms with E-state index in [4.69, 9.17) is 4.74 Å². The lowest BCUT2D eigenvalue weighted by Crippen LogP contribution is -2.47. The Kier molecular flexibility index (Phi) is 5.20. The van der Waals surface area contributed by atoms with Crippen molar-refractivity contribution in [1.29, 1.82) is 0 Å². The largest absolute Gasteiger partial charge is 0.494 e. The van der Waals surface area contributed by atoms with Crippen LogP contribution in [0.2, 0.25) is 0 Å². The van der Waals surface area contributed by atoms with Gasteiger partial charge in [-0.3, -0.25) is 14.4 Å². The summed E-state index contributed by atoms with van der Waals surface area (Å²) in [4.78, 5) is 41.9. The molecule has 0 saturated carbocycles. The van der Waals surface area contributed by atoms with Crippen LogP contribution in [0.3, 0.4) is 0 Å². The van der Waals surface area contributed by atoms with Crippen molar-refractivity contribution in [3.05, 3.63) is 54.1 Å². The molecule has 1 atom stereocenters. The van der Waals surface area contributed by atoms with Crippen molar-refractivity contribution in [3.63, 3.8) is 0 Å². The summed E-state index contributed by atoms with van der Waals surface area (Å²) in [5.41, 5.74) is 1.53. The van der Waals surface area contributed by atoms with Crippen molar-refractivity contribution in [2.24, 2.45) is 0 Å². The topological polar surface area (TPSA) is 79.0 Å². The predicted octanol–water partition coefficient (Wildman–Crippen LogP) is 2.68. The summed E-state index contributed by atoms with van der Waals surface area (Å²) >= 11 is 0. The van der Waals surface area contributed by atoms with Crippen molar-refractivity contribution in [2.45, 2.75) is 25.8 Å². The molecule has 2 aromatic carbocycles. The fourth-order valence-electron chi connectivity index (χ4n) is 3.95. The van der Waals surface area contributed by atoms with E-state index in [1.165, 1.54) is 4.90 Å². The average molecular weight is 393 g/mol. The highest BCUT2D eigenvalue weighted by atomic mass is 16.5. The molecule has 29 heavy (non-hydrogen) atoms. The number of benzene rings is 2. The average Bonchev–Trinajstić information content (AvgIpc) is 3.19. The van der Waals surface area contributed by atoms with Gasteiger partial charge in [0.2, 0.25) is 11.8 Å². The van der Waals surface area contributed by atoms with E-state index in [9.17, 15) is 14.4 Å². The molecule has 0 spiro atoms. The number of amides is 3. The highest BCUT2D eigenvalue weighted by Crippen LogP contribution is 2.32. The number of anilines is 2. The Balaban J connectivity index is 1.59. The van der Waals surface area contributed by atoms with Crippen LogP contribution in [0.1, 0.15) is 30.1 Å². The van der Waals surface area contributed by atoms with Gasteiger partial charge < -0.3 is 19.9 Å². The van der Waals surface area contributed by atoms with Crippen LogP contribution in [0.5, 0.6) is 5.75 Å². The minimum Gasteiger partial charge on any atom is -0.494 e. The molecule has 0 radical (unpaired) electrons. The highest BCUT2D eigenvalue weighted by molar-refractivity contribution is 6.13. The van der Waals surface area contributed by atoms with Crippen LogP contribution >= 0.6 is 0 Å². The van der Waals surface area contributed by atoms with E-state index in [0.717, 1.165) is 6.42 Å². The lowest BCUT2D eigenvalue weighted by molar-refractivity contribution is -0.124. The number of hydrogen-bond donors (Lipinski definition) is 1. The highest BCUT2D eigenvalue weighted by Gasteiger charge is 2.42. The summed E-state index contributed by atoms with van der Waals surface area (Å²) < 4.78 is 5.46. The number of fused-ring (bicyclic) bond motifs is 2. The number of nitrogens with one attached hydrogen (secondary N) is 1. The number of nitrogens with zero attached hydrogens (tertiary/aromatic N) is 2. The summed E-state index contributed by atoms with van der Waals surface area (Å²) in [6.07, 6.45) is 1.40. The Morgan fingerprint density at radius 3 is 2.83 bits per heavy atom. The zero-order chi connectivity index (χ0) is 20.4. The first-order chi connectivity index (χ1) is 14.1. The summed E-state index contributed by atoms with van der Waals surface area (Å²) in [5.74, 6) is -0.0304. The van der Waals surface area contributed by atoms with E-state index in [2.05, 4.69) is 5.32 Å². The fraction of sp³-hybridized carbons (Fsp3) is 0.318. The lowest BCUT2D eigenvalue weighted by Gasteiger charge is -2.25. The monoisotopic (exact) mass is 393 g/mol. The number of carbonyl (C=O) groups is 3. The molecule has 4 rings (SSSR count). The number of para-hydroxylation sites is 1. The molecule has 3 amide bonds. The molecular weight excluding hydrogens is 370 g/mol. The molecule has 0 aliphatic carbocycles. The molecule has 1 fully saturated rings. The van der Waals surface area contributed by atoms with E-state index < -0.39 is 6.04 Å². The SMILES string of the molecule is CCOc1cccc(NC(=O)CN2C(=O)C3CCCN3C(=O)c3ccccc32)c1. The van der Waals surface area contributed by atoms with Crippen molar-refractivity contribution in [3.8, 4) is 5.75 Å². The molecule has 0 bridgehead atoms. The van der Waals surface area contributed by atoms with Gasteiger partial charge >= 0.3 is 0 Å². The summed E-state index contributed by atoms with van der Waals surface area (Å²) in [6.45, 7) is 2.82. The first-order valence-electron chi connectivity index (χ1n) is 9.82. The molecule has 1 N–H and O–H groups in total. The smallest absolute Gasteiger partial charge is 0.256 e. The Morgan fingerprint density at radius 1 is 1.17 bits per heavy atom. The van der Waals surface area contributed by atoms with Crippen LogP contribution in [0.4, 0.5) is 11.4 Å². The van der Waals surface area contributed by atoms with Crippen LogP contribution in [-0.2, 0) is 9.59 Å². The van der Waals surface area contributed by atoms with Crippen molar-refractivity contribution in [2.75, 3.05) is 29.9 Å². The maximum atomic E-state index is 13.2. The second-order valence-electron chi connectivity index (χ2n) is 7.11. The van der Waals surface area contributed by atoms with Gasteiger partial charge in [-0.2, -0.15) is 0 Å². The van der Waals surface area contributed by atoms with Crippen LogP contribution < -0.4 is 15.0 Å². The Morgan fingerprint density at radius 2 is 2.00 bits per heavy atom. The van der Waals surface area contributed by atoms with Gasteiger partial charge in [0.1, 0.15) is 18.3 Å². The molecule has 2 aliphatic rings. The van der Waals surface area contributed by atoms with Gasteiger partial charge in [0.15, 0.2) is 0 Å². The van der Waals surface area contributed by atoms with E-state index in [1.54, 1.807) is 47.4 Å². The molecule has 2 aliphatic heterocycles. The van der Waals surface area contributed by atoms with Crippen molar-refractivity contribution in [1.82, 2.24) is 4.90 Å². The zero-order valence-corrected chi connectivity index (χ0v) is 16.3. The van der Waals surface area contributed by atoms with Gasteiger partial charge in [-0.1, -0.05) is 18.2 Å². The maximum Gasteiger partial charge on any atom is 0.256 e. The molecule has 7 heteroatoms. The molecule has 7 nitrogen and oxygen atoms in total. The maximum absolute atomic E-state index is 13.2. The van der Waals surface area contributed by atoms with Crippen LogP contribution in [0.25, 0.3) is 0 Å². The Labute approximate surface area is 169 Å². The Hall–Kier alpha value is -3.35. The van der Waals surface area contributed by atoms with Gasteiger partial charge in [-0.15, -0.1) is 0 Å². The number of rotatable bonds is 5. The zero-order valence-electron chi connectivity index (χ0n) is 16.3. The second-order valence-corrected chi connectivity index (χ2v) is 7.11. The third-order valence-electron chi connectivity index (χ3n) is 5.22. The van der Waals surface area contributed by atoms with Crippen LogP contribution in [0.15, 0.2) is 48.5 Å². The standard InChI is InChI=1S/C22H23N3O4/c1-2-29-16-8-5-7-15(13-16)23-20(26)14-25-18-10-4-3-9-17(18)21(27)24-12-6-11-19(24)22(25)28/h3-5,7-10,13,19H,2,6,11-12,14H2,1H3,(H,23,26). The minimum absolute atomic E-state index is 0.149. The molecule has 2 heterocycles. The molecule has 1 unspecified atom stereocenters. The molecule has 0 aromatic heterocycles. The third kappa shape index (κ3) is 3.68. The van der Waals surface area contributed by atoms with Gasteiger partial charge in [0.05, 0.1) is 17.9 Å². The number of ether oxygens (including phenoxy) is 1. The third-order valence-corrected chi connectivity index (χ3v) is 5.22. The van der Waals surface area contributed by atoms with Gasteiger partial charge in [-0.05, 0) is 44.0 Å². The quantitative estimate of drug-likeness (QED) is 0.847. The normalized spacial score (nSPS) is 18.2. The molecule has 150 valence electrons. The summed E-state index contributed by atoms with van der Waals surface area (Å²) in [5, 5.41) is 2.82. The van der Waals surface area contributed by atoms with E-state index in [1.807, 2.05) is 13.0 Å². The first kappa shape index (κ1) is 19.0. The van der Waals surface area contributed by atoms with Crippen molar-refractivity contribution >= 4 is 29.1 Å². The molecular formula is C22H23N3O4. The van der Waals surface area contributed by atoms with Gasteiger partial charge in [-0.25, -0.2) is 0 Å².